The van der Waals surface area contributed by atoms with Gasteiger partial charge in [0, 0.05) is 44.8 Å². The number of aryl methyl sites for hydroxylation is 1. The van der Waals surface area contributed by atoms with E-state index in [0.29, 0.717) is 31.9 Å². The van der Waals surface area contributed by atoms with Crippen LogP contribution >= 0.6 is 0 Å². The van der Waals surface area contributed by atoms with Crippen LogP contribution in [-0.2, 0) is 11.3 Å². The summed E-state index contributed by atoms with van der Waals surface area (Å²) >= 11 is 0. The van der Waals surface area contributed by atoms with Gasteiger partial charge in [-0.15, -0.1) is 0 Å². The lowest BCUT2D eigenvalue weighted by Crippen LogP contribution is -2.51. The number of hydrogen-bond acceptors (Lipinski definition) is 6. The third-order valence-corrected chi connectivity index (χ3v) is 4.67. The number of hydrogen-bond donors (Lipinski definition) is 0. The highest BCUT2D eigenvalue weighted by molar-refractivity contribution is 5.92. The molecule has 2 atom stereocenters. The van der Waals surface area contributed by atoms with Crippen molar-refractivity contribution in [3.05, 3.63) is 36.5 Å². The first-order chi connectivity index (χ1) is 11.8. The van der Waals surface area contributed by atoms with Gasteiger partial charge in [0.25, 0.3) is 5.91 Å². The van der Waals surface area contributed by atoms with Gasteiger partial charge in [0.05, 0.1) is 24.9 Å². The Morgan fingerprint density at radius 1 is 1.33 bits per heavy atom. The van der Waals surface area contributed by atoms with Crippen LogP contribution in [0.15, 0.2) is 30.9 Å². The van der Waals surface area contributed by atoms with Gasteiger partial charge in [-0.2, -0.15) is 5.10 Å². The van der Waals surface area contributed by atoms with Crippen molar-refractivity contribution in [3.8, 4) is 0 Å². The number of aromatic nitrogens is 4. The molecule has 2 aliphatic rings. The minimum atomic E-state index is 0.00250. The molecule has 2 fully saturated rings. The lowest BCUT2D eigenvalue weighted by atomic mass is 10.1. The van der Waals surface area contributed by atoms with Crippen molar-refractivity contribution < 1.29 is 9.53 Å². The average molecular weight is 328 g/mol. The Kier molecular flexibility index (Phi) is 3.89. The molecule has 0 saturated carbocycles. The summed E-state index contributed by atoms with van der Waals surface area (Å²) in [4.78, 5) is 25.4. The zero-order valence-electron chi connectivity index (χ0n) is 13.6. The minimum Gasteiger partial charge on any atom is -0.372 e. The number of likely N-dealkylation sites (tertiary alicyclic amines) is 1. The van der Waals surface area contributed by atoms with Gasteiger partial charge in [0.1, 0.15) is 11.5 Å². The maximum Gasteiger partial charge on any atom is 0.272 e. The van der Waals surface area contributed by atoms with Crippen molar-refractivity contribution in [2.24, 2.45) is 0 Å². The van der Waals surface area contributed by atoms with E-state index in [4.69, 9.17) is 4.74 Å². The molecule has 2 aromatic heterocycles. The number of carbonyl (C=O) groups excluding carboxylic acids is 1. The second kappa shape index (κ2) is 6.20. The van der Waals surface area contributed by atoms with E-state index in [2.05, 4.69) is 20.0 Å². The zero-order valence-corrected chi connectivity index (χ0v) is 13.6. The van der Waals surface area contributed by atoms with Crippen LogP contribution in [0.25, 0.3) is 0 Å². The number of morpholine rings is 1. The van der Waals surface area contributed by atoms with Crippen molar-refractivity contribution >= 4 is 11.7 Å². The molecule has 24 heavy (non-hydrogen) atoms. The van der Waals surface area contributed by atoms with Crippen LogP contribution < -0.4 is 4.90 Å². The number of ether oxygens (including phenoxy) is 1. The quantitative estimate of drug-likeness (QED) is 0.813. The molecule has 126 valence electrons. The van der Waals surface area contributed by atoms with Gasteiger partial charge in [-0.05, 0) is 13.0 Å². The molecule has 0 N–H and O–H groups in total. The standard InChI is InChI=1S/C16H20N6O2/c1-2-22-12(3-4-19-22)16(23)20-10-13-14(11-20)24-8-7-21(13)15-9-17-5-6-18-15/h3-6,9,13-14H,2,7-8,10-11H2,1H3/t13-,14-/m0/s1. The summed E-state index contributed by atoms with van der Waals surface area (Å²) in [5.74, 6) is 0.843. The molecule has 0 radical (unpaired) electrons. The number of nitrogens with zero attached hydrogens (tertiary/aromatic N) is 6. The van der Waals surface area contributed by atoms with Crippen molar-refractivity contribution in [2.75, 3.05) is 31.1 Å². The number of anilines is 1. The van der Waals surface area contributed by atoms with Gasteiger partial charge in [0.15, 0.2) is 0 Å². The first kappa shape index (κ1) is 15.1. The minimum absolute atomic E-state index is 0.00250. The molecule has 4 rings (SSSR count). The molecular weight excluding hydrogens is 308 g/mol. The SMILES string of the molecule is CCn1nccc1C(=O)N1C[C@@H]2OCCN(c3cnccn3)[C@H]2C1. The molecule has 4 heterocycles. The molecule has 0 spiro atoms. The zero-order chi connectivity index (χ0) is 16.5. The second-order valence-corrected chi connectivity index (χ2v) is 5.98. The molecule has 8 nitrogen and oxygen atoms in total. The van der Waals surface area contributed by atoms with E-state index in [9.17, 15) is 4.79 Å². The van der Waals surface area contributed by atoms with Crippen molar-refractivity contribution in [1.29, 1.82) is 0 Å². The molecule has 0 aromatic carbocycles. The lowest BCUT2D eigenvalue weighted by Gasteiger charge is -2.37. The smallest absolute Gasteiger partial charge is 0.272 e. The Bertz CT molecular complexity index is 718. The van der Waals surface area contributed by atoms with Gasteiger partial charge in [-0.3, -0.25) is 14.5 Å². The molecule has 2 aromatic rings. The third-order valence-electron chi connectivity index (χ3n) is 4.67. The summed E-state index contributed by atoms with van der Waals surface area (Å²) in [5.41, 5.74) is 0.627. The normalized spacial score (nSPS) is 23.4. The maximum absolute atomic E-state index is 12.8. The first-order valence-corrected chi connectivity index (χ1v) is 8.23. The fourth-order valence-electron chi connectivity index (χ4n) is 3.51. The highest BCUT2D eigenvalue weighted by Crippen LogP contribution is 2.27. The van der Waals surface area contributed by atoms with Gasteiger partial charge in [0.2, 0.25) is 0 Å². The monoisotopic (exact) mass is 328 g/mol. The van der Waals surface area contributed by atoms with Crippen LogP contribution in [0.2, 0.25) is 0 Å². The fourth-order valence-corrected chi connectivity index (χ4v) is 3.51. The molecule has 2 aliphatic heterocycles. The van der Waals surface area contributed by atoms with Crippen LogP contribution in [0, 0.1) is 0 Å². The van der Waals surface area contributed by atoms with E-state index in [0.717, 1.165) is 12.4 Å². The number of amides is 1. The van der Waals surface area contributed by atoms with Crippen LogP contribution in [0.4, 0.5) is 5.82 Å². The van der Waals surface area contributed by atoms with Crippen LogP contribution in [0.5, 0.6) is 0 Å². The first-order valence-electron chi connectivity index (χ1n) is 8.23. The summed E-state index contributed by atoms with van der Waals surface area (Å²) in [7, 11) is 0. The van der Waals surface area contributed by atoms with E-state index in [1.165, 1.54) is 0 Å². The van der Waals surface area contributed by atoms with Crippen LogP contribution in [0.1, 0.15) is 17.4 Å². The second-order valence-electron chi connectivity index (χ2n) is 5.98. The Labute approximate surface area is 140 Å². The molecular formula is C16H20N6O2. The Morgan fingerprint density at radius 3 is 3.04 bits per heavy atom. The Balaban J connectivity index is 1.55. The van der Waals surface area contributed by atoms with E-state index in [1.807, 2.05) is 11.8 Å². The van der Waals surface area contributed by atoms with Gasteiger partial charge in [-0.25, -0.2) is 4.98 Å². The average Bonchev–Trinajstić information content (AvgIpc) is 3.28. The summed E-state index contributed by atoms with van der Waals surface area (Å²) < 4.78 is 7.63. The summed E-state index contributed by atoms with van der Waals surface area (Å²) in [5, 5.41) is 4.19. The van der Waals surface area contributed by atoms with Gasteiger partial charge >= 0.3 is 0 Å². The van der Waals surface area contributed by atoms with Crippen molar-refractivity contribution in [1.82, 2.24) is 24.6 Å². The van der Waals surface area contributed by atoms with Crippen molar-refractivity contribution in [2.45, 2.75) is 25.6 Å². The number of rotatable bonds is 3. The number of carbonyl (C=O) groups is 1. The van der Waals surface area contributed by atoms with E-state index >= 15 is 0 Å². The summed E-state index contributed by atoms with van der Waals surface area (Å²) in [6, 6.07) is 1.88. The lowest BCUT2D eigenvalue weighted by molar-refractivity contribution is 0.0298. The van der Waals surface area contributed by atoms with E-state index in [1.54, 1.807) is 35.5 Å². The Morgan fingerprint density at radius 2 is 2.25 bits per heavy atom. The maximum atomic E-state index is 12.8. The molecule has 1 amide bonds. The van der Waals surface area contributed by atoms with Gasteiger partial charge < -0.3 is 14.5 Å². The van der Waals surface area contributed by atoms with Crippen molar-refractivity contribution in [3.63, 3.8) is 0 Å². The fraction of sp³-hybridized carbons (Fsp3) is 0.500. The molecule has 0 aliphatic carbocycles. The predicted octanol–water partition coefficient (Wildman–Crippen LogP) is 0.423. The highest BCUT2D eigenvalue weighted by atomic mass is 16.5. The summed E-state index contributed by atoms with van der Waals surface area (Å²) in [6.07, 6.45) is 6.79. The molecule has 0 bridgehead atoms. The predicted molar refractivity (Wildman–Crippen MR) is 86.7 cm³/mol. The summed E-state index contributed by atoms with van der Waals surface area (Å²) in [6.45, 7) is 5.26. The highest BCUT2D eigenvalue weighted by Gasteiger charge is 2.43. The third kappa shape index (κ3) is 2.52. The van der Waals surface area contributed by atoms with Gasteiger partial charge in [-0.1, -0.05) is 0 Å². The van der Waals surface area contributed by atoms with E-state index in [-0.39, 0.29) is 18.1 Å². The van der Waals surface area contributed by atoms with Crippen LogP contribution in [0.3, 0.4) is 0 Å². The van der Waals surface area contributed by atoms with Crippen LogP contribution in [-0.4, -0.2) is 68.9 Å². The number of fused-ring (bicyclic) bond motifs is 1. The molecule has 8 heteroatoms. The van der Waals surface area contributed by atoms with E-state index < -0.39 is 0 Å². The Hall–Kier alpha value is -2.48. The topological polar surface area (TPSA) is 76.4 Å². The molecule has 2 saturated heterocycles. The molecule has 0 unspecified atom stereocenters. The largest absolute Gasteiger partial charge is 0.372 e.